The molecule has 0 heterocycles. The van der Waals surface area contributed by atoms with E-state index >= 15 is 0 Å². The van der Waals surface area contributed by atoms with Crippen molar-refractivity contribution in [3.05, 3.63) is 35.6 Å². The summed E-state index contributed by atoms with van der Waals surface area (Å²) in [7, 11) is 0. The summed E-state index contributed by atoms with van der Waals surface area (Å²) in [4.78, 5) is 11.6. The van der Waals surface area contributed by atoms with Crippen LogP contribution in [0.2, 0.25) is 0 Å². The fraction of sp³-hybridized carbons (Fsp3) is 0.462. The molecule has 3 nitrogen and oxygen atoms in total. The van der Waals surface area contributed by atoms with Gasteiger partial charge < -0.3 is 11.1 Å². The third-order valence-electron chi connectivity index (χ3n) is 2.89. The standard InChI is InChI=1S/C13H16F4N2O/c1-8(7-9-3-5-10(14)6-4-9)19-11(20)12(2,18)13(15,16)17/h3-6,8H,7,18H2,1-2H3,(H,19,20). The normalized spacial score (nSPS) is 16.4. The zero-order valence-electron chi connectivity index (χ0n) is 11.1. The van der Waals surface area contributed by atoms with Crippen molar-refractivity contribution in [2.45, 2.75) is 38.0 Å². The number of benzene rings is 1. The smallest absolute Gasteiger partial charge is 0.351 e. The van der Waals surface area contributed by atoms with Crippen LogP contribution >= 0.6 is 0 Å². The summed E-state index contributed by atoms with van der Waals surface area (Å²) < 4.78 is 50.4. The average Bonchev–Trinajstić information content (AvgIpc) is 2.30. The molecule has 0 spiro atoms. The molecule has 0 radical (unpaired) electrons. The van der Waals surface area contributed by atoms with Gasteiger partial charge >= 0.3 is 6.18 Å². The monoisotopic (exact) mass is 292 g/mol. The van der Waals surface area contributed by atoms with Gasteiger partial charge in [0.25, 0.3) is 0 Å². The molecule has 2 atom stereocenters. The van der Waals surface area contributed by atoms with Gasteiger partial charge in [-0.15, -0.1) is 0 Å². The SMILES string of the molecule is CC(Cc1ccc(F)cc1)NC(=O)C(C)(N)C(F)(F)F. The van der Waals surface area contributed by atoms with Gasteiger partial charge in [0, 0.05) is 6.04 Å². The molecule has 112 valence electrons. The lowest BCUT2D eigenvalue weighted by atomic mass is 10.0. The maximum atomic E-state index is 12.7. The highest BCUT2D eigenvalue weighted by Crippen LogP contribution is 2.28. The van der Waals surface area contributed by atoms with E-state index in [1.54, 1.807) is 6.92 Å². The fourth-order valence-electron chi connectivity index (χ4n) is 1.53. The summed E-state index contributed by atoms with van der Waals surface area (Å²) in [6, 6.07) is 4.93. The molecule has 1 rings (SSSR count). The van der Waals surface area contributed by atoms with E-state index in [1.165, 1.54) is 24.3 Å². The maximum absolute atomic E-state index is 12.7. The van der Waals surface area contributed by atoms with Crippen LogP contribution in [0.5, 0.6) is 0 Å². The molecule has 0 fully saturated rings. The molecule has 0 saturated carbocycles. The van der Waals surface area contributed by atoms with Crippen LogP contribution in [0.4, 0.5) is 17.6 Å². The minimum absolute atomic E-state index is 0.278. The molecule has 0 aliphatic carbocycles. The van der Waals surface area contributed by atoms with Gasteiger partial charge in [-0.25, -0.2) is 4.39 Å². The van der Waals surface area contributed by atoms with E-state index in [9.17, 15) is 22.4 Å². The Morgan fingerprint density at radius 1 is 1.30 bits per heavy atom. The molecule has 1 aromatic carbocycles. The predicted molar refractivity (Wildman–Crippen MR) is 66.4 cm³/mol. The topological polar surface area (TPSA) is 55.1 Å². The van der Waals surface area contributed by atoms with Crippen molar-refractivity contribution >= 4 is 5.91 Å². The first-order valence-corrected chi connectivity index (χ1v) is 5.95. The molecule has 7 heteroatoms. The van der Waals surface area contributed by atoms with E-state index in [4.69, 9.17) is 5.73 Å². The van der Waals surface area contributed by atoms with Crippen LogP contribution < -0.4 is 11.1 Å². The van der Waals surface area contributed by atoms with Crippen molar-refractivity contribution < 1.29 is 22.4 Å². The van der Waals surface area contributed by atoms with Gasteiger partial charge in [-0.05, 0) is 38.0 Å². The van der Waals surface area contributed by atoms with Crippen LogP contribution in [0.3, 0.4) is 0 Å². The molecule has 0 aliphatic heterocycles. The minimum Gasteiger partial charge on any atom is -0.351 e. The molecule has 2 unspecified atom stereocenters. The van der Waals surface area contributed by atoms with Crippen molar-refractivity contribution in [3.63, 3.8) is 0 Å². The number of nitrogens with one attached hydrogen (secondary N) is 1. The third kappa shape index (κ3) is 3.93. The second kappa shape index (κ2) is 5.78. The van der Waals surface area contributed by atoms with E-state index < -0.39 is 29.5 Å². The number of hydrogen-bond acceptors (Lipinski definition) is 2. The molecule has 0 bridgehead atoms. The van der Waals surface area contributed by atoms with E-state index in [0.29, 0.717) is 12.5 Å². The first-order valence-electron chi connectivity index (χ1n) is 5.95. The van der Waals surface area contributed by atoms with E-state index in [1.807, 2.05) is 0 Å². The van der Waals surface area contributed by atoms with Crippen LogP contribution in [0, 0.1) is 5.82 Å². The minimum atomic E-state index is -4.83. The molecule has 1 amide bonds. The van der Waals surface area contributed by atoms with Crippen LogP contribution in [-0.2, 0) is 11.2 Å². The van der Waals surface area contributed by atoms with Gasteiger partial charge in [0.1, 0.15) is 5.82 Å². The lowest BCUT2D eigenvalue weighted by molar-refractivity contribution is -0.187. The quantitative estimate of drug-likeness (QED) is 0.836. The molecular weight excluding hydrogens is 276 g/mol. The maximum Gasteiger partial charge on any atom is 0.415 e. The van der Waals surface area contributed by atoms with Crippen molar-refractivity contribution in [3.8, 4) is 0 Å². The van der Waals surface area contributed by atoms with Gasteiger partial charge in [-0.3, -0.25) is 4.79 Å². The van der Waals surface area contributed by atoms with E-state index in [-0.39, 0.29) is 6.42 Å². The summed E-state index contributed by atoms with van der Waals surface area (Å²) in [5, 5.41) is 2.21. The van der Waals surface area contributed by atoms with Crippen LogP contribution in [-0.4, -0.2) is 23.7 Å². The van der Waals surface area contributed by atoms with Crippen molar-refractivity contribution in [2.75, 3.05) is 0 Å². The fourth-order valence-corrected chi connectivity index (χ4v) is 1.53. The van der Waals surface area contributed by atoms with Gasteiger partial charge in [0.2, 0.25) is 5.91 Å². The first-order chi connectivity index (χ1) is 9.04. The number of carbonyl (C=O) groups is 1. The second-order valence-electron chi connectivity index (χ2n) is 4.91. The largest absolute Gasteiger partial charge is 0.415 e. The molecule has 0 saturated heterocycles. The number of nitrogens with two attached hydrogens (primary N) is 1. The summed E-state index contributed by atoms with van der Waals surface area (Å²) in [6.07, 6.45) is -4.55. The van der Waals surface area contributed by atoms with Gasteiger partial charge in [0.15, 0.2) is 5.54 Å². The first kappa shape index (κ1) is 16.4. The Kier molecular flexibility index (Phi) is 4.75. The number of halogens is 4. The Morgan fingerprint density at radius 2 is 1.80 bits per heavy atom. The van der Waals surface area contributed by atoms with Crippen LogP contribution in [0.1, 0.15) is 19.4 Å². The molecule has 0 aliphatic rings. The number of amides is 1. The Bertz CT molecular complexity index is 468. The van der Waals surface area contributed by atoms with Crippen molar-refractivity contribution in [1.82, 2.24) is 5.32 Å². The predicted octanol–water partition coefficient (Wildman–Crippen LogP) is 2.15. The van der Waals surface area contributed by atoms with Crippen LogP contribution in [0.15, 0.2) is 24.3 Å². The average molecular weight is 292 g/mol. The Hall–Kier alpha value is -1.63. The number of alkyl halides is 3. The van der Waals surface area contributed by atoms with Crippen molar-refractivity contribution in [2.24, 2.45) is 5.73 Å². The lowest BCUT2D eigenvalue weighted by Crippen LogP contribution is -2.62. The number of carbonyl (C=O) groups excluding carboxylic acids is 1. The highest BCUT2D eigenvalue weighted by molar-refractivity contribution is 5.86. The molecular formula is C13H16F4N2O. The molecule has 20 heavy (non-hydrogen) atoms. The van der Waals surface area contributed by atoms with Gasteiger partial charge in [0.05, 0.1) is 0 Å². The Balaban J connectivity index is 2.64. The summed E-state index contributed by atoms with van der Waals surface area (Å²) in [5.74, 6) is -1.70. The van der Waals surface area contributed by atoms with Gasteiger partial charge in [-0.2, -0.15) is 13.2 Å². The van der Waals surface area contributed by atoms with Gasteiger partial charge in [-0.1, -0.05) is 12.1 Å². The van der Waals surface area contributed by atoms with E-state index in [0.717, 1.165) is 0 Å². The third-order valence-corrected chi connectivity index (χ3v) is 2.89. The highest BCUT2D eigenvalue weighted by atomic mass is 19.4. The summed E-state index contributed by atoms with van der Waals surface area (Å²) >= 11 is 0. The Labute approximate surface area is 114 Å². The lowest BCUT2D eigenvalue weighted by Gasteiger charge is -2.28. The highest BCUT2D eigenvalue weighted by Gasteiger charge is 2.54. The zero-order chi connectivity index (χ0) is 15.6. The summed E-state index contributed by atoms with van der Waals surface area (Å²) in [6.45, 7) is 2.17. The number of rotatable bonds is 4. The number of hydrogen-bond donors (Lipinski definition) is 2. The molecule has 3 N–H and O–H groups in total. The molecule has 0 aromatic heterocycles. The van der Waals surface area contributed by atoms with Crippen LogP contribution in [0.25, 0.3) is 0 Å². The van der Waals surface area contributed by atoms with E-state index in [2.05, 4.69) is 5.32 Å². The molecule has 1 aromatic rings. The second-order valence-corrected chi connectivity index (χ2v) is 4.91. The van der Waals surface area contributed by atoms with Crippen molar-refractivity contribution in [1.29, 1.82) is 0 Å². The zero-order valence-corrected chi connectivity index (χ0v) is 11.1. The Morgan fingerprint density at radius 3 is 2.25 bits per heavy atom. The summed E-state index contributed by atoms with van der Waals surface area (Å²) in [5.41, 5.74) is 2.77.